The zero-order valence-corrected chi connectivity index (χ0v) is 10.3. The van der Waals surface area contributed by atoms with Crippen molar-refractivity contribution in [1.82, 2.24) is 25.4 Å². The molecule has 0 spiro atoms. The third kappa shape index (κ3) is 2.76. The number of amides is 1. The molecule has 0 unspecified atom stereocenters. The van der Waals surface area contributed by atoms with Gasteiger partial charge < -0.3 is 10.4 Å². The van der Waals surface area contributed by atoms with Crippen LogP contribution in [0.25, 0.3) is 0 Å². The summed E-state index contributed by atoms with van der Waals surface area (Å²) in [5, 5.41) is 23.4. The number of carbonyl (C=O) groups is 2. The molecule has 0 bridgehead atoms. The average molecular weight is 264 g/mol. The summed E-state index contributed by atoms with van der Waals surface area (Å²) in [7, 11) is 0. The molecule has 0 aromatic carbocycles. The van der Waals surface area contributed by atoms with E-state index in [0.717, 1.165) is 0 Å². The van der Waals surface area contributed by atoms with Gasteiger partial charge in [-0.3, -0.25) is 15.0 Å². The monoisotopic (exact) mass is 264 g/mol. The van der Waals surface area contributed by atoms with Gasteiger partial charge in [0.2, 0.25) is 5.82 Å². The Morgan fingerprint density at radius 1 is 1.32 bits per heavy atom. The van der Waals surface area contributed by atoms with Gasteiger partial charge in [-0.1, -0.05) is 13.8 Å². The van der Waals surface area contributed by atoms with Crippen LogP contribution in [0.3, 0.4) is 0 Å². The van der Waals surface area contributed by atoms with Crippen LogP contribution in [0.4, 0.5) is 5.82 Å². The van der Waals surface area contributed by atoms with Gasteiger partial charge in [0.25, 0.3) is 5.91 Å². The SMILES string of the molecule is CC(C)c1nc(C(=O)Nc2cc(C(=O)O)[nH]n2)n[nH]1. The van der Waals surface area contributed by atoms with Crippen LogP contribution in [-0.4, -0.2) is 42.4 Å². The van der Waals surface area contributed by atoms with Gasteiger partial charge in [0, 0.05) is 12.0 Å². The molecular formula is C10H12N6O3. The molecule has 19 heavy (non-hydrogen) atoms. The third-order valence-corrected chi connectivity index (χ3v) is 2.30. The molecule has 9 heteroatoms. The van der Waals surface area contributed by atoms with Crippen LogP contribution in [-0.2, 0) is 0 Å². The zero-order chi connectivity index (χ0) is 14.0. The van der Waals surface area contributed by atoms with Gasteiger partial charge in [0.1, 0.15) is 11.5 Å². The highest BCUT2D eigenvalue weighted by Gasteiger charge is 2.16. The van der Waals surface area contributed by atoms with Crippen LogP contribution in [0.15, 0.2) is 6.07 Å². The lowest BCUT2D eigenvalue weighted by atomic mass is 10.2. The van der Waals surface area contributed by atoms with Crippen molar-refractivity contribution in [1.29, 1.82) is 0 Å². The minimum Gasteiger partial charge on any atom is -0.477 e. The number of H-pyrrole nitrogens is 2. The van der Waals surface area contributed by atoms with Gasteiger partial charge in [-0.25, -0.2) is 9.78 Å². The lowest BCUT2D eigenvalue weighted by Crippen LogP contribution is -2.14. The fourth-order valence-corrected chi connectivity index (χ4v) is 1.30. The van der Waals surface area contributed by atoms with Gasteiger partial charge >= 0.3 is 5.97 Å². The van der Waals surface area contributed by atoms with Crippen molar-refractivity contribution >= 4 is 17.7 Å². The van der Waals surface area contributed by atoms with Crippen molar-refractivity contribution in [3.63, 3.8) is 0 Å². The van der Waals surface area contributed by atoms with Crippen LogP contribution in [0.1, 0.15) is 46.7 Å². The first-order valence-corrected chi connectivity index (χ1v) is 5.49. The first-order chi connectivity index (χ1) is 8.97. The number of carboxylic acids is 1. The van der Waals surface area contributed by atoms with Crippen molar-refractivity contribution in [2.24, 2.45) is 0 Å². The van der Waals surface area contributed by atoms with Crippen LogP contribution in [0, 0.1) is 0 Å². The molecule has 9 nitrogen and oxygen atoms in total. The molecule has 0 aliphatic rings. The number of anilines is 1. The smallest absolute Gasteiger partial charge is 0.353 e. The van der Waals surface area contributed by atoms with Crippen molar-refractivity contribution < 1.29 is 14.7 Å². The lowest BCUT2D eigenvalue weighted by molar-refractivity contribution is 0.0690. The molecule has 2 aromatic rings. The first kappa shape index (κ1) is 12.7. The fourth-order valence-electron chi connectivity index (χ4n) is 1.30. The molecule has 0 aliphatic heterocycles. The van der Waals surface area contributed by atoms with Crippen LogP contribution < -0.4 is 5.32 Å². The van der Waals surface area contributed by atoms with Gasteiger partial charge in [0.05, 0.1) is 0 Å². The van der Waals surface area contributed by atoms with E-state index in [1.54, 1.807) is 0 Å². The second-order valence-electron chi connectivity index (χ2n) is 4.13. The molecule has 1 amide bonds. The predicted molar refractivity (Wildman–Crippen MR) is 64.0 cm³/mol. The Balaban J connectivity index is 2.09. The normalized spacial score (nSPS) is 10.7. The summed E-state index contributed by atoms with van der Waals surface area (Å²) < 4.78 is 0. The number of carbonyl (C=O) groups excluding carboxylic acids is 1. The Hall–Kier alpha value is -2.71. The molecule has 0 fully saturated rings. The topological polar surface area (TPSA) is 137 Å². The van der Waals surface area contributed by atoms with E-state index < -0.39 is 11.9 Å². The predicted octanol–water partition coefficient (Wildman–Crippen LogP) is 0.602. The Bertz CT molecular complexity index is 614. The summed E-state index contributed by atoms with van der Waals surface area (Å²) in [6, 6.07) is 1.20. The van der Waals surface area contributed by atoms with E-state index >= 15 is 0 Å². The van der Waals surface area contributed by atoms with Crippen LogP contribution in [0.2, 0.25) is 0 Å². The highest BCUT2D eigenvalue weighted by Crippen LogP contribution is 2.09. The summed E-state index contributed by atoms with van der Waals surface area (Å²) in [5.74, 6) is -0.933. The number of aromatic nitrogens is 5. The number of aromatic carboxylic acids is 1. The quantitative estimate of drug-likeness (QED) is 0.638. The van der Waals surface area contributed by atoms with Gasteiger partial charge in [-0.05, 0) is 0 Å². The summed E-state index contributed by atoms with van der Waals surface area (Å²) >= 11 is 0. The van der Waals surface area contributed by atoms with E-state index in [4.69, 9.17) is 5.11 Å². The fraction of sp³-hybridized carbons (Fsp3) is 0.300. The first-order valence-electron chi connectivity index (χ1n) is 5.49. The molecule has 4 N–H and O–H groups in total. The molecular weight excluding hydrogens is 252 g/mol. The summed E-state index contributed by atoms with van der Waals surface area (Å²) in [6.45, 7) is 3.82. The Morgan fingerprint density at radius 3 is 2.58 bits per heavy atom. The minimum absolute atomic E-state index is 0.0245. The lowest BCUT2D eigenvalue weighted by Gasteiger charge is -1.96. The molecule has 2 rings (SSSR count). The van der Waals surface area contributed by atoms with Crippen molar-refractivity contribution in [2.75, 3.05) is 5.32 Å². The summed E-state index contributed by atoms with van der Waals surface area (Å²) in [4.78, 5) is 26.4. The third-order valence-electron chi connectivity index (χ3n) is 2.30. The molecule has 100 valence electrons. The van der Waals surface area contributed by atoms with E-state index in [-0.39, 0.29) is 23.3 Å². The molecule has 0 saturated heterocycles. The number of rotatable bonds is 4. The second kappa shape index (κ2) is 4.88. The number of carboxylic acid groups (broad SMARTS) is 1. The molecule has 0 atom stereocenters. The maximum absolute atomic E-state index is 11.8. The summed E-state index contributed by atoms with van der Waals surface area (Å²) in [6.07, 6.45) is 0. The minimum atomic E-state index is -1.16. The van der Waals surface area contributed by atoms with Crippen molar-refractivity contribution in [3.05, 3.63) is 23.4 Å². The number of hydrogen-bond acceptors (Lipinski definition) is 5. The van der Waals surface area contributed by atoms with Crippen molar-refractivity contribution in [2.45, 2.75) is 19.8 Å². The van der Waals surface area contributed by atoms with Gasteiger partial charge in [-0.2, -0.15) is 5.10 Å². The summed E-state index contributed by atoms with van der Waals surface area (Å²) in [5.41, 5.74) is -0.117. The van der Waals surface area contributed by atoms with E-state index in [0.29, 0.717) is 5.82 Å². The molecule has 2 heterocycles. The maximum atomic E-state index is 11.8. The second-order valence-corrected chi connectivity index (χ2v) is 4.13. The van der Waals surface area contributed by atoms with Gasteiger partial charge in [-0.15, -0.1) is 5.10 Å². The maximum Gasteiger partial charge on any atom is 0.353 e. The molecule has 2 aromatic heterocycles. The van der Waals surface area contributed by atoms with Crippen LogP contribution in [0.5, 0.6) is 0 Å². The van der Waals surface area contributed by atoms with Gasteiger partial charge in [0.15, 0.2) is 5.82 Å². The van der Waals surface area contributed by atoms with E-state index in [1.165, 1.54) is 6.07 Å². The number of nitrogens with one attached hydrogen (secondary N) is 3. The molecule has 0 aliphatic carbocycles. The standard InChI is InChI=1S/C10H12N6O3/c1-4(2)7-12-8(16-15-7)9(17)11-6-3-5(10(18)19)13-14-6/h3-4H,1-2H3,(H,18,19)(H,12,15,16)(H2,11,13,14,17). The largest absolute Gasteiger partial charge is 0.477 e. The van der Waals surface area contributed by atoms with Crippen LogP contribution >= 0.6 is 0 Å². The van der Waals surface area contributed by atoms with E-state index in [9.17, 15) is 9.59 Å². The Morgan fingerprint density at radius 2 is 2.05 bits per heavy atom. The molecule has 0 radical (unpaired) electrons. The number of hydrogen-bond donors (Lipinski definition) is 4. The Labute approximate surface area is 107 Å². The average Bonchev–Trinajstić information content (AvgIpc) is 2.96. The Kier molecular flexibility index (Phi) is 3.27. The van der Waals surface area contributed by atoms with E-state index in [2.05, 4.69) is 30.7 Å². The number of nitrogens with zero attached hydrogens (tertiary/aromatic N) is 3. The zero-order valence-electron chi connectivity index (χ0n) is 10.3. The number of aromatic amines is 2. The van der Waals surface area contributed by atoms with E-state index in [1.807, 2.05) is 13.8 Å². The van der Waals surface area contributed by atoms with Crippen molar-refractivity contribution in [3.8, 4) is 0 Å². The molecule has 0 saturated carbocycles. The highest BCUT2D eigenvalue weighted by atomic mass is 16.4. The highest BCUT2D eigenvalue weighted by molar-refractivity contribution is 6.01.